The van der Waals surface area contributed by atoms with E-state index in [0.717, 1.165) is 0 Å². The molecule has 4 N–H and O–H groups in total. The molecule has 1 aliphatic rings. The highest BCUT2D eigenvalue weighted by Crippen LogP contribution is 2.29. The molecule has 1 saturated heterocycles. The minimum atomic E-state index is -0.599. The van der Waals surface area contributed by atoms with E-state index in [9.17, 15) is 9.59 Å². The molecule has 0 aliphatic carbocycles. The number of para-hydroxylation sites is 1. The van der Waals surface area contributed by atoms with Gasteiger partial charge in [0.05, 0.1) is 36.8 Å². The van der Waals surface area contributed by atoms with E-state index < -0.39 is 17.9 Å². The molecule has 1 heterocycles. The minimum Gasteiger partial charge on any atom is -0.462 e. The van der Waals surface area contributed by atoms with Gasteiger partial charge in [0.2, 0.25) is 5.91 Å². The first-order chi connectivity index (χ1) is 10.1. The van der Waals surface area contributed by atoms with Crippen LogP contribution in [0.3, 0.4) is 0 Å². The number of esters is 1. The Morgan fingerprint density at radius 1 is 1.48 bits per heavy atom. The predicted molar refractivity (Wildman–Crippen MR) is 78.0 cm³/mol. The number of amides is 1. The maximum absolute atomic E-state index is 11.9. The monoisotopic (exact) mass is 293 g/mol. The van der Waals surface area contributed by atoms with E-state index in [0.29, 0.717) is 18.8 Å². The van der Waals surface area contributed by atoms with Crippen molar-refractivity contribution in [3.8, 4) is 0 Å². The highest BCUT2D eigenvalue weighted by atomic mass is 16.5. The van der Waals surface area contributed by atoms with Crippen molar-refractivity contribution in [2.75, 3.05) is 37.0 Å². The summed E-state index contributed by atoms with van der Waals surface area (Å²) in [6, 6.07) is 4.44. The molecule has 0 saturated carbocycles. The number of hydrogen-bond acceptors (Lipinski definition) is 6. The molecule has 1 unspecified atom stereocenters. The molecule has 1 aromatic rings. The smallest absolute Gasteiger partial charge is 0.340 e. The third-order valence-electron chi connectivity index (χ3n) is 3.34. The van der Waals surface area contributed by atoms with Gasteiger partial charge >= 0.3 is 5.97 Å². The molecule has 2 rings (SSSR count). The van der Waals surface area contributed by atoms with Crippen LogP contribution >= 0.6 is 0 Å². The van der Waals surface area contributed by atoms with Crippen molar-refractivity contribution in [2.45, 2.75) is 13.0 Å². The molecular formula is C14H19N3O4. The number of carbonyl (C=O) groups is 2. The van der Waals surface area contributed by atoms with Crippen LogP contribution < -0.4 is 16.4 Å². The zero-order chi connectivity index (χ0) is 15.4. The van der Waals surface area contributed by atoms with E-state index in [1.54, 1.807) is 30.0 Å². The largest absolute Gasteiger partial charge is 0.462 e. The van der Waals surface area contributed by atoms with E-state index >= 15 is 0 Å². The van der Waals surface area contributed by atoms with E-state index in [4.69, 9.17) is 20.9 Å². The molecule has 1 fully saturated rings. The average molecular weight is 293 g/mol. The summed E-state index contributed by atoms with van der Waals surface area (Å²) in [6.07, 6.45) is 0. The zero-order valence-corrected chi connectivity index (χ0v) is 11.9. The number of hydrogen-bond donors (Lipinski definition) is 2. The van der Waals surface area contributed by atoms with E-state index in [-0.39, 0.29) is 24.5 Å². The predicted octanol–water partition coefficient (Wildman–Crippen LogP) is 0.136. The van der Waals surface area contributed by atoms with Crippen molar-refractivity contribution in [3.63, 3.8) is 0 Å². The number of primary amides is 1. The standard InChI is InChI=1S/C14H19N3O4/c1-2-21-14(19)9-4-3-5-10(12(9)15)17-6-7-20-8-11(17)13(16)18/h3-5,11H,2,6-8,15H2,1H3,(H2,16,18). The van der Waals surface area contributed by atoms with Crippen molar-refractivity contribution >= 4 is 23.3 Å². The molecule has 7 heteroatoms. The van der Waals surface area contributed by atoms with Crippen molar-refractivity contribution in [1.29, 1.82) is 0 Å². The molecular weight excluding hydrogens is 274 g/mol. The summed E-state index contributed by atoms with van der Waals surface area (Å²) >= 11 is 0. The van der Waals surface area contributed by atoms with Crippen molar-refractivity contribution in [3.05, 3.63) is 23.8 Å². The van der Waals surface area contributed by atoms with Crippen molar-refractivity contribution in [2.24, 2.45) is 5.73 Å². The van der Waals surface area contributed by atoms with Crippen LogP contribution in [-0.4, -0.2) is 44.3 Å². The van der Waals surface area contributed by atoms with Crippen molar-refractivity contribution < 1.29 is 19.1 Å². The Balaban J connectivity index is 2.36. The highest BCUT2D eigenvalue weighted by molar-refractivity contribution is 5.99. The molecule has 1 aromatic carbocycles. The second-order valence-electron chi connectivity index (χ2n) is 4.65. The van der Waals surface area contributed by atoms with Gasteiger partial charge in [-0.25, -0.2) is 4.79 Å². The van der Waals surface area contributed by atoms with Crippen molar-refractivity contribution in [1.82, 2.24) is 0 Å². The van der Waals surface area contributed by atoms with E-state index in [2.05, 4.69) is 0 Å². The summed E-state index contributed by atoms with van der Waals surface area (Å²) < 4.78 is 10.2. The van der Waals surface area contributed by atoms with Crippen LogP contribution in [0, 0.1) is 0 Å². The Kier molecular flexibility index (Phi) is 4.64. The molecule has 0 radical (unpaired) electrons. The first-order valence-corrected chi connectivity index (χ1v) is 6.75. The van der Waals surface area contributed by atoms with Gasteiger partial charge in [-0.05, 0) is 19.1 Å². The van der Waals surface area contributed by atoms with Gasteiger partial charge in [0.1, 0.15) is 6.04 Å². The summed E-state index contributed by atoms with van der Waals surface area (Å²) in [7, 11) is 0. The lowest BCUT2D eigenvalue weighted by atomic mass is 10.1. The van der Waals surface area contributed by atoms with Crippen LogP contribution in [-0.2, 0) is 14.3 Å². The first kappa shape index (κ1) is 15.1. The maximum atomic E-state index is 11.9. The maximum Gasteiger partial charge on any atom is 0.340 e. The minimum absolute atomic E-state index is 0.207. The van der Waals surface area contributed by atoms with Crippen LogP contribution in [0.5, 0.6) is 0 Å². The van der Waals surface area contributed by atoms with Gasteiger partial charge in [0.15, 0.2) is 0 Å². The summed E-state index contributed by atoms with van der Waals surface area (Å²) in [5.74, 6) is -0.976. The van der Waals surface area contributed by atoms with Gasteiger partial charge in [-0.3, -0.25) is 4.79 Å². The molecule has 1 aliphatic heterocycles. The zero-order valence-electron chi connectivity index (χ0n) is 11.9. The lowest BCUT2D eigenvalue weighted by Gasteiger charge is -2.36. The molecule has 1 amide bonds. The number of nitrogens with two attached hydrogens (primary N) is 2. The summed E-state index contributed by atoms with van der Waals surface area (Å²) in [6.45, 7) is 3.14. The summed E-state index contributed by atoms with van der Waals surface area (Å²) in [5, 5.41) is 0. The van der Waals surface area contributed by atoms with Gasteiger partial charge in [0.25, 0.3) is 0 Å². The molecule has 21 heavy (non-hydrogen) atoms. The Morgan fingerprint density at radius 3 is 2.90 bits per heavy atom. The molecule has 0 aromatic heterocycles. The molecule has 114 valence electrons. The number of benzene rings is 1. The average Bonchev–Trinajstić information content (AvgIpc) is 2.47. The fourth-order valence-electron chi connectivity index (χ4n) is 2.32. The molecule has 0 spiro atoms. The number of ether oxygens (including phenoxy) is 2. The number of nitrogens with zero attached hydrogens (tertiary/aromatic N) is 1. The number of rotatable bonds is 4. The van der Waals surface area contributed by atoms with Gasteiger partial charge in [-0.1, -0.05) is 6.07 Å². The third-order valence-corrected chi connectivity index (χ3v) is 3.34. The Hall–Kier alpha value is -2.28. The Labute approximate surface area is 122 Å². The first-order valence-electron chi connectivity index (χ1n) is 6.75. The normalized spacial score (nSPS) is 18.3. The molecule has 0 bridgehead atoms. The highest BCUT2D eigenvalue weighted by Gasteiger charge is 2.30. The van der Waals surface area contributed by atoms with Crippen LogP contribution in [0.25, 0.3) is 0 Å². The van der Waals surface area contributed by atoms with Gasteiger partial charge < -0.3 is 25.8 Å². The SMILES string of the molecule is CCOC(=O)c1cccc(N2CCOCC2C(N)=O)c1N. The summed E-state index contributed by atoms with van der Waals surface area (Å²) in [4.78, 5) is 25.2. The quantitative estimate of drug-likeness (QED) is 0.603. The third kappa shape index (κ3) is 3.08. The topological polar surface area (TPSA) is 108 Å². The van der Waals surface area contributed by atoms with Crippen LogP contribution in [0.1, 0.15) is 17.3 Å². The molecule has 1 atom stereocenters. The van der Waals surface area contributed by atoms with Gasteiger partial charge in [-0.2, -0.15) is 0 Å². The Morgan fingerprint density at radius 2 is 2.24 bits per heavy atom. The second-order valence-corrected chi connectivity index (χ2v) is 4.65. The van der Waals surface area contributed by atoms with Crippen LogP contribution in [0.4, 0.5) is 11.4 Å². The van der Waals surface area contributed by atoms with Gasteiger partial charge in [0, 0.05) is 6.54 Å². The lowest BCUT2D eigenvalue weighted by Crippen LogP contribution is -2.52. The fourth-order valence-corrected chi connectivity index (χ4v) is 2.32. The number of nitrogen functional groups attached to an aromatic ring is 1. The summed E-state index contributed by atoms with van der Waals surface area (Å²) in [5.41, 5.74) is 12.6. The number of anilines is 2. The van der Waals surface area contributed by atoms with E-state index in [1.807, 2.05) is 0 Å². The lowest BCUT2D eigenvalue weighted by molar-refractivity contribution is -0.121. The number of morpholine rings is 1. The Bertz CT molecular complexity index is 547. The molecule has 7 nitrogen and oxygen atoms in total. The van der Waals surface area contributed by atoms with E-state index in [1.165, 1.54) is 0 Å². The van der Waals surface area contributed by atoms with Gasteiger partial charge in [-0.15, -0.1) is 0 Å². The second kappa shape index (κ2) is 6.45. The fraction of sp³-hybridized carbons (Fsp3) is 0.429. The number of carbonyl (C=O) groups excluding carboxylic acids is 2. The van der Waals surface area contributed by atoms with Crippen LogP contribution in [0.2, 0.25) is 0 Å². The van der Waals surface area contributed by atoms with Crippen LogP contribution in [0.15, 0.2) is 18.2 Å².